The van der Waals surface area contributed by atoms with Gasteiger partial charge < -0.3 is 4.57 Å². The van der Waals surface area contributed by atoms with E-state index in [-0.39, 0.29) is 21.1 Å². The quantitative estimate of drug-likeness (QED) is 0.182. The number of nitrogens with zero attached hydrogens (tertiary/aromatic N) is 4. The van der Waals surface area contributed by atoms with E-state index in [4.69, 9.17) is 9.97 Å². The van der Waals surface area contributed by atoms with Gasteiger partial charge in [0.05, 0.1) is 27.8 Å². The standard InChI is InChI=1S/C38H24N4.Pt/c1-2-10-28-25(9-1)20-22-40-38(28)26-16-18-31-29-11-3-5-13-33(29)41(35(31)23-26)27-17-19-32-30-12-4-6-14-34(30)42(36(32)24-27)37-15-7-8-21-39-37;/h1-24H;/q;+2. The van der Waals surface area contributed by atoms with Crippen LogP contribution < -0.4 is 0 Å². The number of para-hydroxylation sites is 2. The molecule has 204 valence electrons. The minimum absolute atomic E-state index is 0. The van der Waals surface area contributed by atoms with Gasteiger partial charge in [0, 0.05) is 50.6 Å². The average Bonchev–Trinajstić information content (AvgIpc) is 3.57. The van der Waals surface area contributed by atoms with Crippen LogP contribution in [0.5, 0.6) is 0 Å². The molecule has 0 aliphatic heterocycles. The molecule has 0 bridgehead atoms. The molecule has 5 heteroatoms. The molecule has 9 aromatic rings. The molecular weight excluding hydrogens is 708 g/mol. The smallest absolute Gasteiger partial charge is 0.309 e. The molecule has 5 aromatic carbocycles. The van der Waals surface area contributed by atoms with Crippen LogP contribution in [0, 0.1) is 0 Å². The van der Waals surface area contributed by atoms with Crippen molar-refractivity contribution < 1.29 is 21.1 Å². The van der Waals surface area contributed by atoms with Gasteiger partial charge in [0.1, 0.15) is 5.82 Å². The summed E-state index contributed by atoms with van der Waals surface area (Å²) >= 11 is 0. The first kappa shape index (κ1) is 25.6. The van der Waals surface area contributed by atoms with Crippen LogP contribution in [-0.4, -0.2) is 19.1 Å². The van der Waals surface area contributed by atoms with Crippen molar-refractivity contribution in [3.63, 3.8) is 0 Å². The van der Waals surface area contributed by atoms with E-state index in [0.29, 0.717) is 0 Å². The number of pyridine rings is 2. The monoisotopic (exact) mass is 731 g/mol. The predicted octanol–water partition coefficient (Wildman–Crippen LogP) is 9.49. The first-order valence-corrected chi connectivity index (χ1v) is 14.2. The second-order valence-corrected chi connectivity index (χ2v) is 10.7. The van der Waals surface area contributed by atoms with E-state index in [1.807, 2.05) is 24.5 Å². The van der Waals surface area contributed by atoms with E-state index in [1.54, 1.807) is 0 Å². The second-order valence-electron chi connectivity index (χ2n) is 10.7. The van der Waals surface area contributed by atoms with Crippen molar-refractivity contribution in [3.05, 3.63) is 146 Å². The van der Waals surface area contributed by atoms with Crippen LogP contribution in [0.4, 0.5) is 0 Å². The summed E-state index contributed by atoms with van der Waals surface area (Å²) in [5.41, 5.74) is 7.82. The summed E-state index contributed by atoms with van der Waals surface area (Å²) in [7, 11) is 0. The van der Waals surface area contributed by atoms with Gasteiger partial charge in [-0.3, -0.25) is 9.55 Å². The summed E-state index contributed by atoms with van der Waals surface area (Å²) in [6.45, 7) is 0. The molecule has 0 saturated heterocycles. The van der Waals surface area contributed by atoms with Crippen LogP contribution >= 0.6 is 0 Å². The Hall–Kier alpha value is -5.05. The van der Waals surface area contributed by atoms with Crippen molar-refractivity contribution >= 4 is 54.4 Å². The summed E-state index contributed by atoms with van der Waals surface area (Å²) in [5.74, 6) is 0.910. The Morgan fingerprint density at radius 2 is 1.05 bits per heavy atom. The van der Waals surface area contributed by atoms with Crippen molar-refractivity contribution in [2.24, 2.45) is 0 Å². The van der Waals surface area contributed by atoms with Crippen molar-refractivity contribution in [2.45, 2.75) is 0 Å². The molecule has 0 saturated carbocycles. The third-order valence-corrected chi connectivity index (χ3v) is 8.41. The summed E-state index contributed by atoms with van der Waals surface area (Å²) in [4.78, 5) is 9.56. The van der Waals surface area contributed by atoms with Crippen LogP contribution in [-0.2, 0) is 21.1 Å². The molecule has 0 aliphatic rings. The fourth-order valence-electron chi connectivity index (χ4n) is 6.58. The predicted molar refractivity (Wildman–Crippen MR) is 174 cm³/mol. The molecule has 0 atom stereocenters. The topological polar surface area (TPSA) is 35.6 Å². The maximum absolute atomic E-state index is 4.83. The van der Waals surface area contributed by atoms with Crippen molar-refractivity contribution in [3.8, 4) is 22.8 Å². The van der Waals surface area contributed by atoms with Gasteiger partial charge in [-0.05, 0) is 53.9 Å². The van der Waals surface area contributed by atoms with E-state index in [1.165, 1.54) is 32.4 Å². The number of benzene rings is 5. The van der Waals surface area contributed by atoms with Gasteiger partial charge >= 0.3 is 21.1 Å². The third-order valence-electron chi connectivity index (χ3n) is 8.41. The summed E-state index contributed by atoms with van der Waals surface area (Å²) < 4.78 is 4.66. The maximum atomic E-state index is 4.83. The zero-order valence-electron chi connectivity index (χ0n) is 23.0. The van der Waals surface area contributed by atoms with E-state index in [9.17, 15) is 0 Å². The molecule has 0 fully saturated rings. The molecule has 43 heavy (non-hydrogen) atoms. The van der Waals surface area contributed by atoms with Gasteiger partial charge in [-0.1, -0.05) is 84.9 Å². The molecule has 0 amide bonds. The van der Waals surface area contributed by atoms with Crippen molar-refractivity contribution in [1.29, 1.82) is 0 Å². The van der Waals surface area contributed by atoms with Gasteiger partial charge in [-0.15, -0.1) is 0 Å². The second kappa shape index (κ2) is 10.0. The van der Waals surface area contributed by atoms with E-state index >= 15 is 0 Å². The Morgan fingerprint density at radius 3 is 1.81 bits per heavy atom. The fraction of sp³-hybridized carbons (Fsp3) is 0. The van der Waals surface area contributed by atoms with Crippen LogP contribution in [0.25, 0.3) is 77.1 Å². The Balaban J connectivity index is 0.00000278. The van der Waals surface area contributed by atoms with Gasteiger partial charge in [-0.2, -0.15) is 0 Å². The minimum Gasteiger partial charge on any atom is -0.309 e. The molecule has 0 unspecified atom stereocenters. The van der Waals surface area contributed by atoms with E-state index in [2.05, 4.69) is 130 Å². The van der Waals surface area contributed by atoms with Crippen molar-refractivity contribution in [2.75, 3.05) is 0 Å². The summed E-state index contributed by atoms with van der Waals surface area (Å²) in [6, 6.07) is 47.4. The Kier molecular flexibility index (Phi) is 5.99. The molecule has 4 aromatic heterocycles. The Morgan fingerprint density at radius 1 is 0.419 bits per heavy atom. The average molecular weight is 732 g/mol. The molecule has 9 rings (SSSR count). The number of aromatic nitrogens is 4. The minimum atomic E-state index is 0. The third kappa shape index (κ3) is 3.87. The number of hydrogen-bond donors (Lipinski definition) is 0. The zero-order chi connectivity index (χ0) is 27.6. The SMILES string of the molecule is [Pt+2].c1ccc(-n2c3ccccc3c3ccc(-n4c5ccccc5c5ccc(-c6nccc7ccccc67)cc54)cc32)nc1. The molecule has 0 N–H and O–H groups in total. The maximum Gasteiger partial charge on any atom is 2.00 e. The largest absolute Gasteiger partial charge is 2.00 e. The van der Waals surface area contributed by atoms with Gasteiger partial charge in [0.15, 0.2) is 0 Å². The van der Waals surface area contributed by atoms with Crippen LogP contribution in [0.3, 0.4) is 0 Å². The molecule has 4 heterocycles. The Bertz CT molecular complexity index is 2470. The first-order chi connectivity index (χ1) is 20.8. The van der Waals surface area contributed by atoms with Gasteiger partial charge in [-0.25, -0.2) is 4.98 Å². The number of rotatable bonds is 3. The molecule has 0 aliphatic carbocycles. The zero-order valence-corrected chi connectivity index (χ0v) is 25.2. The normalized spacial score (nSPS) is 11.5. The van der Waals surface area contributed by atoms with E-state index < -0.39 is 0 Å². The van der Waals surface area contributed by atoms with Crippen LogP contribution in [0.2, 0.25) is 0 Å². The number of fused-ring (bicyclic) bond motifs is 7. The summed E-state index contributed by atoms with van der Waals surface area (Å²) in [6.07, 6.45) is 3.76. The van der Waals surface area contributed by atoms with Crippen molar-refractivity contribution in [1.82, 2.24) is 19.1 Å². The van der Waals surface area contributed by atoms with Gasteiger partial charge in [0.25, 0.3) is 0 Å². The van der Waals surface area contributed by atoms with Crippen LogP contribution in [0.1, 0.15) is 0 Å². The molecule has 4 nitrogen and oxygen atoms in total. The number of hydrogen-bond acceptors (Lipinski definition) is 2. The molecular formula is C38H24N4Pt+2. The fourth-order valence-corrected chi connectivity index (χ4v) is 6.58. The van der Waals surface area contributed by atoms with Crippen LogP contribution in [0.15, 0.2) is 146 Å². The first-order valence-electron chi connectivity index (χ1n) is 14.2. The summed E-state index contributed by atoms with van der Waals surface area (Å²) in [5, 5.41) is 7.23. The Labute approximate surface area is 262 Å². The molecule has 0 spiro atoms. The van der Waals surface area contributed by atoms with E-state index in [0.717, 1.165) is 44.7 Å². The van der Waals surface area contributed by atoms with Gasteiger partial charge in [0.2, 0.25) is 0 Å². The molecule has 0 radical (unpaired) electrons.